The van der Waals surface area contributed by atoms with Crippen molar-refractivity contribution < 1.29 is 23.9 Å². The van der Waals surface area contributed by atoms with E-state index in [0.29, 0.717) is 51.5 Å². The first-order valence-corrected chi connectivity index (χ1v) is 9.92. The van der Waals surface area contributed by atoms with Crippen LogP contribution in [-0.2, 0) is 25.6 Å². The number of amides is 3. The molecule has 1 saturated heterocycles. The molecule has 1 unspecified atom stereocenters. The highest BCUT2D eigenvalue weighted by Crippen LogP contribution is 2.32. The smallest absolute Gasteiger partial charge is 0.255 e. The van der Waals surface area contributed by atoms with Gasteiger partial charge in [-0.2, -0.15) is 0 Å². The molecule has 3 rings (SSSR count). The van der Waals surface area contributed by atoms with Crippen molar-refractivity contribution >= 4 is 23.4 Å². The average molecular weight is 404 g/mol. The zero-order valence-corrected chi connectivity index (χ0v) is 16.7. The molecule has 2 aliphatic rings. The lowest BCUT2D eigenvalue weighted by molar-refractivity contribution is -0.136. The molecule has 1 fully saturated rings. The van der Waals surface area contributed by atoms with Crippen molar-refractivity contribution in [2.45, 2.75) is 25.4 Å². The minimum Gasteiger partial charge on any atom is -0.382 e. The van der Waals surface area contributed by atoms with Gasteiger partial charge in [0, 0.05) is 42.9 Å². The molecule has 29 heavy (non-hydrogen) atoms. The molecule has 1 aromatic rings. The quantitative estimate of drug-likeness (QED) is 0.355. The molecule has 3 N–H and O–H groups in total. The molecule has 1 atom stereocenters. The van der Waals surface area contributed by atoms with Crippen LogP contribution in [0, 0.1) is 0 Å². The van der Waals surface area contributed by atoms with E-state index >= 15 is 0 Å². The normalized spacial score (nSPS) is 18.7. The van der Waals surface area contributed by atoms with E-state index in [4.69, 9.17) is 9.47 Å². The summed E-state index contributed by atoms with van der Waals surface area (Å²) < 4.78 is 10.9. The molecular formula is C20H28N4O5. The molecule has 0 radical (unpaired) electrons. The van der Waals surface area contributed by atoms with E-state index < -0.39 is 11.9 Å². The van der Waals surface area contributed by atoms with Gasteiger partial charge < -0.3 is 25.0 Å². The van der Waals surface area contributed by atoms with Crippen molar-refractivity contribution in [2.24, 2.45) is 0 Å². The third kappa shape index (κ3) is 5.31. The fraction of sp³-hybridized carbons (Fsp3) is 0.550. The van der Waals surface area contributed by atoms with Gasteiger partial charge in [0.25, 0.3) is 5.91 Å². The van der Waals surface area contributed by atoms with Gasteiger partial charge in [0.15, 0.2) is 0 Å². The van der Waals surface area contributed by atoms with Gasteiger partial charge in [-0.05, 0) is 25.6 Å². The van der Waals surface area contributed by atoms with Gasteiger partial charge >= 0.3 is 0 Å². The number of hydrogen-bond acceptors (Lipinski definition) is 7. The zero-order valence-electron chi connectivity index (χ0n) is 16.7. The van der Waals surface area contributed by atoms with Crippen molar-refractivity contribution in [1.29, 1.82) is 0 Å². The van der Waals surface area contributed by atoms with Crippen LogP contribution in [0.2, 0.25) is 0 Å². The minimum atomic E-state index is -0.605. The van der Waals surface area contributed by atoms with Crippen molar-refractivity contribution in [3.05, 3.63) is 29.3 Å². The highest BCUT2D eigenvalue weighted by Gasteiger charge is 2.39. The Balaban J connectivity index is 1.49. The molecule has 0 bridgehead atoms. The van der Waals surface area contributed by atoms with Crippen molar-refractivity contribution in [3.8, 4) is 0 Å². The first-order valence-electron chi connectivity index (χ1n) is 9.92. The van der Waals surface area contributed by atoms with E-state index in [1.165, 1.54) is 0 Å². The molecule has 9 heteroatoms. The molecule has 0 aliphatic carbocycles. The molecule has 2 aliphatic heterocycles. The number of rotatable bonds is 11. The molecule has 158 valence electrons. The Morgan fingerprint density at radius 2 is 1.86 bits per heavy atom. The third-order valence-corrected chi connectivity index (χ3v) is 5.01. The summed E-state index contributed by atoms with van der Waals surface area (Å²) in [6.45, 7) is 4.02. The molecule has 3 amide bonds. The Morgan fingerprint density at radius 1 is 1.10 bits per heavy atom. The summed E-state index contributed by atoms with van der Waals surface area (Å²) in [6.07, 6.45) is 0.606. The van der Waals surface area contributed by atoms with Crippen molar-refractivity contribution in [3.63, 3.8) is 0 Å². The Bertz CT molecular complexity index is 754. The van der Waals surface area contributed by atoms with Crippen LogP contribution in [-0.4, -0.2) is 75.2 Å². The van der Waals surface area contributed by atoms with Crippen LogP contribution < -0.4 is 16.0 Å². The van der Waals surface area contributed by atoms with Crippen LogP contribution in [0.1, 0.15) is 28.8 Å². The van der Waals surface area contributed by atoms with Gasteiger partial charge in [-0.1, -0.05) is 6.07 Å². The summed E-state index contributed by atoms with van der Waals surface area (Å²) in [5, 5.41) is 8.64. The number of nitrogens with zero attached hydrogens (tertiary/aromatic N) is 1. The highest BCUT2D eigenvalue weighted by molar-refractivity contribution is 6.06. The molecule has 2 heterocycles. The first kappa shape index (κ1) is 21.2. The van der Waals surface area contributed by atoms with Gasteiger partial charge in [0.1, 0.15) is 6.04 Å². The number of likely N-dealkylation sites (N-methyl/N-ethyl adjacent to an activating group) is 1. The number of hydrogen-bond donors (Lipinski definition) is 3. The van der Waals surface area contributed by atoms with Gasteiger partial charge in [0.05, 0.1) is 26.4 Å². The SMILES string of the molecule is CNCCOCCOCCNc1cccc2c1CN(C1CCC(=O)NC1=O)C2=O. The minimum absolute atomic E-state index is 0.173. The second-order valence-corrected chi connectivity index (χ2v) is 6.99. The van der Waals surface area contributed by atoms with E-state index in [0.717, 1.165) is 17.8 Å². The van der Waals surface area contributed by atoms with E-state index in [2.05, 4.69) is 16.0 Å². The third-order valence-electron chi connectivity index (χ3n) is 5.01. The number of anilines is 1. The topological polar surface area (TPSA) is 109 Å². The van der Waals surface area contributed by atoms with Crippen LogP contribution >= 0.6 is 0 Å². The maximum atomic E-state index is 12.8. The van der Waals surface area contributed by atoms with E-state index in [1.807, 2.05) is 19.2 Å². The van der Waals surface area contributed by atoms with Gasteiger partial charge in [0.2, 0.25) is 11.8 Å². The lowest BCUT2D eigenvalue weighted by Crippen LogP contribution is -2.52. The summed E-state index contributed by atoms with van der Waals surface area (Å²) in [4.78, 5) is 37.9. The highest BCUT2D eigenvalue weighted by atomic mass is 16.5. The molecule has 0 aromatic heterocycles. The number of piperidine rings is 1. The Morgan fingerprint density at radius 3 is 2.59 bits per heavy atom. The lowest BCUT2D eigenvalue weighted by atomic mass is 10.0. The number of nitrogens with one attached hydrogen (secondary N) is 3. The number of carbonyl (C=O) groups excluding carboxylic acids is 3. The predicted molar refractivity (Wildman–Crippen MR) is 107 cm³/mol. The lowest BCUT2D eigenvalue weighted by Gasteiger charge is -2.29. The maximum Gasteiger partial charge on any atom is 0.255 e. The standard InChI is InChI=1S/C20H28N4O5/c1-21-7-9-28-11-12-29-10-8-22-16-4-2-3-14-15(16)13-24(20(14)27)17-5-6-18(25)23-19(17)26/h2-4,17,21-22H,5-13H2,1H3,(H,23,25,26). The number of benzene rings is 1. The van der Waals surface area contributed by atoms with Crippen LogP contribution in [0.4, 0.5) is 5.69 Å². The molecule has 9 nitrogen and oxygen atoms in total. The summed E-state index contributed by atoms with van der Waals surface area (Å²) in [5.41, 5.74) is 2.33. The second kappa shape index (κ2) is 10.3. The molecule has 0 spiro atoms. The fourth-order valence-electron chi connectivity index (χ4n) is 3.51. The first-order chi connectivity index (χ1) is 14.1. The predicted octanol–water partition coefficient (Wildman–Crippen LogP) is 0.112. The second-order valence-electron chi connectivity index (χ2n) is 6.99. The van der Waals surface area contributed by atoms with E-state index in [-0.39, 0.29) is 18.2 Å². The molecule has 1 aromatic carbocycles. The van der Waals surface area contributed by atoms with Crippen LogP contribution in [0.3, 0.4) is 0 Å². The van der Waals surface area contributed by atoms with Crippen LogP contribution in [0.5, 0.6) is 0 Å². The van der Waals surface area contributed by atoms with E-state index in [1.54, 1.807) is 11.0 Å². The molecule has 0 saturated carbocycles. The molecular weight excluding hydrogens is 376 g/mol. The number of fused-ring (bicyclic) bond motifs is 1. The summed E-state index contributed by atoms with van der Waals surface area (Å²) in [6, 6.07) is 4.91. The number of imide groups is 1. The monoisotopic (exact) mass is 404 g/mol. The van der Waals surface area contributed by atoms with Crippen molar-refractivity contribution in [1.82, 2.24) is 15.5 Å². The maximum absolute atomic E-state index is 12.8. The van der Waals surface area contributed by atoms with Gasteiger partial charge in [-0.25, -0.2) is 0 Å². The van der Waals surface area contributed by atoms with E-state index in [9.17, 15) is 14.4 Å². The Labute approximate surface area is 170 Å². The van der Waals surface area contributed by atoms with Crippen molar-refractivity contribution in [2.75, 3.05) is 51.9 Å². The summed E-state index contributed by atoms with van der Waals surface area (Å²) in [7, 11) is 1.88. The van der Waals surface area contributed by atoms with Gasteiger partial charge in [-0.15, -0.1) is 0 Å². The largest absolute Gasteiger partial charge is 0.382 e. The number of carbonyl (C=O) groups is 3. The Hall–Kier alpha value is -2.49. The average Bonchev–Trinajstić information content (AvgIpc) is 3.04. The zero-order chi connectivity index (χ0) is 20.6. The Kier molecular flexibility index (Phi) is 7.56. The number of ether oxygens (including phenoxy) is 2. The van der Waals surface area contributed by atoms with Crippen LogP contribution in [0.25, 0.3) is 0 Å². The fourth-order valence-corrected chi connectivity index (χ4v) is 3.51. The van der Waals surface area contributed by atoms with Gasteiger partial charge in [-0.3, -0.25) is 19.7 Å². The van der Waals surface area contributed by atoms with Crippen LogP contribution in [0.15, 0.2) is 18.2 Å². The summed E-state index contributed by atoms with van der Waals surface area (Å²) >= 11 is 0. The summed E-state index contributed by atoms with van der Waals surface area (Å²) in [5.74, 6) is -0.861.